The van der Waals surface area contributed by atoms with Crippen LogP contribution in [0.3, 0.4) is 0 Å². The van der Waals surface area contributed by atoms with E-state index < -0.39 is 0 Å². The van der Waals surface area contributed by atoms with Crippen LogP contribution < -0.4 is 5.32 Å². The molecule has 0 amide bonds. The van der Waals surface area contributed by atoms with Crippen molar-refractivity contribution in [3.05, 3.63) is 11.8 Å². The number of nitrogens with zero attached hydrogens (tertiary/aromatic N) is 2. The standard InChI is InChI=1S/C11H19N3S/c1-8-6-11(14(3)13-8)15-7-10(12-2)9-4-5-9/h6,9-10,12H,4-5,7H2,1-3H3. The molecular weight excluding hydrogens is 206 g/mol. The number of hydrogen-bond donors (Lipinski definition) is 1. The van der Waals surface area contributed by atoms with E-state index in [0.29, 0.717) is 6.04 Å². The molecule has 84 valence electrons. The van der Waals surface area contributed by atoms with Gasteiger partial charge in [0.25, 0.3) is 0 Å². The van der Waals surface area contributed by atoms with Gasteiger partial charge in [-0.15, -0.1) is 11.8 Å². The van der Waals surface area contributed by atoms with Gasteiger partial charge < -0.3 is 5.32 Å². The summed E-state index contributed by atoms with van der Waals surface area (Å²) in [5.74, 6) is 2.07. The van der Waals surface area contributed by atoms with Crippen LogP contribution in [0.4, 0.5) is 0 Å². The number of aromatic nitrogens is 2. The molecule has 1 aliphatic carbocycles. The first-order valence-corrected chi connectivity index (χ1v) is 6.50. The third kappa shape index (κ3) is 2.75. The minimum absolute atomic E-state index is 0.671. The zero-order valence-corrected chi connectivity index (χ0v) is 10.5. The Kier molecular flexibility index (Phi) is 3.36. The second-order valence-corrected chi connectivity index (χ2v) is 5.33. The molecule has 1 unspecified atom stereocenters. The molecule has 1 aromatic rings. The Labute approximate surface area is 95.6 Å². The van der Waals surface area contributed by atoms with Gasteiger partial charge in [0.2, 0.25) is 0 Å². The highest BCUT2D eigenvalue weighted by Crippen LogP contribution is 2.34. The van der Waals surface area contributed by atoms with Gasteiger partial charge in [0.05, 0.1) is 10.7 Å². The van der Waals surface area contributed by atoms with Crippen LogP contribution in [-0.4, -0.2) is 28.6 Å². The van der Waals surface area contributed by atoms with Crippen LogP contribution in [0.1, 0.15) is 18.5 Å². The third-order valence-corrected chi connectivity index (χ3v) is 4.14. The summed E-state index contributed by atoms with van der Waals surface area (Å²) >= 11 is 1.91. The molecule has 4 heteroatoms. The molecule has 15 heavy (non-hydrogen) atoms. The molecule has 1 fully saturated rings. The molecule has 1 heterocycles. The monoisotopic (exact) mass is 225 g/mol. The normalized spacial score (nSPS) is 18.1. The lowest BCUT2D eigenvalue weighted by molar-refractivity contribution is 0.553. The molecule has 0 spiro atoms. The summed E-state index contributed by atoms with van der Waals surface area (Å²) in [6.45, 7) is 2.04. The van der Waals surface area contributed by atoms with Gasteiger partial charge in [-0.05, 0) is 38.8 Å². The number of hydrogen-bond acceptors (Lipinski definition) is 3. The number of rotatable bonds is 5. The van der Waals surface area contributed by atoms with Gasteiger partial charge in [-0.2, -0.15) is 5.10 Å². The maximum absolute atomic E-state index is 4.35. The molecule has 0 aromatic carbocycles. The van der Waals surface area contributed by atoms with Crippen LogP contribution in [0.5, 0.6) is 0 Å². The second-order valence-electron chi connectivity index (χ2n) is 4.29. The van der Waals surface area contributed by atoms with Crippen LogP contribution in [0.25, 0.3) is 0 Å². The van der Waals surface area contributed by atoms with E-state index in [9.17, 15) is 0 Å². The van der Waals surface area contributed by atoms with Crippen LogP contribution in [-0.2, 0) is 7.05 Å². The molecule has 0 bridgehead atoms. The van der Waals surface area contributed by atoms with Gasteiger partial charge in [-0.25, -0.2) is 0 Å². The topological polar surface area (TPSA) is 29.9 Å². The maximum Gasteiger partial charge on any atom is 0.0939 e. The Morgan fingerprint density at radius 3 is 2.87 bits per heavy atom. The fraction of sp³-hybridized carbons (Fsp3) is 0.727. The largest absolute Gasteiger partial charge is 0.316 e. The zero-order chi connectivity index (χ0) is 10.8. The summed E-state index contributed by atoms with van der Waals surface area (Å²) in [5, 5.41) is 9.03. The Balaban J connectivity index is 1.88. The minimum atomic E-state index is 0.671. The molecule has 1 aliphatic rings. The van der Waals surface area contributed by atoms with E-state index in [1.54, 1.807) is 0 Å². The molecule has 0 saturated heterocycles. The molecule has 0 aliphatic heterocycles. The van der Waals surface area contributed by atoms with Gasteiger partial charge in [-0.3, -0.25) is 4.68 Å². The van der Waals surface area contributed by atoms with Crippen molar-refractivity contribution in [2.45, 2.75) is 30.8 Å². The van der Waals surface area contributed by atoms with E-state index in [1.165, 1.54) is 17.9 Å². The summed E-state index contributed by atoms with van der Waals surface area (Å²) in [4.78, 5) is 0. The summed E-state index contributed by atoms with van der Waals surface area (Å²) in [5.41, 5.74) is 1.10. The Hall–Kier alpha value is -0.480. The van der Waals surface area contributed by atoms with E-state index in [0.717, 1.165) is 17.4 Å². The van der Waals surface area contributed by atoms with Crippen molar-refractivity contribution in [2.75, 3.05) is 12.8 Å². The lowest BCUT2D eigenvalue weighted by atomic mass is 10.2. The molecule has 1 saturated carbocycles. The quantitative estimate of drug-likeness (QED) is 0.775. The van der Waals surface area contributed by atoms with Crippen molar-refractivity contribution in [1.29, 1.82) is 0 Å². The highest BCUT2D eigenvalue weighted by molar-refractivity contribution is 7.99. The molecule has 0 radical (unpaired) electrons. The van der Waals surface area contributed by atoms with E-state index in [1.807, 2.05) is 30.4 Å². The lowest BCUT2D eigenvalue weighted by Gasteiger charge is -2.14. The smallest absolute Gasteiger partial charge is 0.0939 e. The van der Waals surface area contributed by atoms with Crippen LogP contribution in [0.15, 0.2) is 11.1 Å². The van der Waals surface area contributed by atoms with Gasteiger partial charge >= 0.3 is 0 Å². The van der Waals surface area contributed by atoms with Crippen molar-refractivity contribution in [3.63, 3.8) is 0 Å². The average molecular weight is 225 g/mol. The fourth-order valence-corrected chi connectivity index (χ4v) is 3.12. The van der Waals surface area contributed by atoms with Gasteiger partial charge in [0, 0.05) is 18.8 Å². The number of nitrogens with one attached hydrogen (secondary N) is 1. The SMILES string of the molecule is CNC(CSc1cc(C)nn1C)C1CC1. The summed E-state index contributed by atoms with van der Waals surface area (Å²) in [6.07, 6.45) is 2.80. The zero-order valence-electron chi connectivity index (χ0n) is 9.66. The second kappa shape index (κ2) is 4.58. The molecule has 1 atom stereocenters. The first-order chi connectivity index (χ1) is 7.20. The van der Waals surface area contributed by atoms with Crippen molar-refractivity contribution in [1.82, 2.24) is 15.1 Å². The molecule has 2 rings (SSSR count). The van der Waals surface area contributed by atoms with Crippen molar-refractivity contribution >= 4 is 11.8 Å². The molecule has 1 aromatic heterocycles. The van der Waals surface area contributed by atoms with Gasteiger partial charge in [-0.1, -0.05) is 0 Å². The van der Waals surface area contributed by atoms with Gasteiger partial charge in [0.1, 0.15) is 0 Å². The number of thioether (sulfide) groups is 1. The Morgan fingerprint density at radius 1 is 1.67 bits per heavy atom. The highest BCUT2D eigenvalue weighted by atomic mass is 32.2. The molecule has 1 N–H and O–H groups in total. The van der Waals surface area contributed by atoms with Crippen molar-refractivity contribution < 1.29 is 0 Å². The fourth-order valence-electron chi connectivity index (χ4n) is 1.85. The molecular formula is C11H19N3S. The Bertz CT molecular complexity index is 331. The van der Waals surface area contributed by atoms with Crippen LogP contribution in [0, 0.1) is 12.8 Å². The van der Waals surface area contributed by atoms with E-state index >= 15 is 0 Å². The average Bonchev–Trinajstić information content (AvgIpc) is 2.96. The minimum Gasteiger partial charge on any atom is -0.316 e. The highest BCUT2D eigenvalue weighted by Gasteiger charge is 2.30. The number of aryl methyl sites for hydroxylation is 2. The third-order valence-electron chi connectivity index (χ3n) is 2.93. The summed E-state index contributed by atoms with van der Waals surface area (Å²) in [6, 6.07) is 2.83. The Morgan fingerprint density at radius 2 is 2.40 bits per heavy atom. The summed E-state index contributed by atoms with van der Waals surface area (Å²) < 4.78 is 1.97. The molecule has 3 nitrogen and oxygen atoms in total. The van der Waals surface area contributed by atoms with Crippen molar-refractivity contribution in [3.8, 4) is 0 Å². The predicted molar refractivity (Wildman–Crippen MR) is 64.2 cm³/mol. The van der Waals surface area contributed by atoms with Crippen molar-refractivity contribution in [2.24, 2.45) is 13.0 Å². The van der Waals surface area contributed by atoms with Gasteiger partial charge in [0.15, 0.2) is 0 Å². The van der Waals surface area contributed by atoms with E-state index in [-0.39, 0.29) is 0 Å². The summed E-state index contributed by atoms with van der Waals surface area (Å²) in [7, 11) is 4.08. The van der Waals surface area contributed by atoms with E-state index in [4.69, 9.17) is 0 Å². The first-order valence-electron chi connectivity index (χ1n) is 5.51. The van der Waals surface area contributed by atoms with Crippen LogP contribution >= 0.6 is 11.8 Å². The first kappa shape index (κ1) is 11.0. The lowest BCUT2D eigenvalue weighted by Crippen LogP contribution is -2.29. The van der Waals surface area contributed by atoms with Crippen LogP contribution in [0.2, 0.25) is 0 Å². The van der Waals surface area contributed by atoms with E-state index in [2.05, 4.69) is 23.5 Å². The maximum atomic E-state index is 4.35. The predicted octanol–water partition coefficient (Wildman–Crippen LogP) is 1.82.